The van der Waals surface area contributed by atoms with Crippen molar-refractivity contribution < 1.29 is 37.3 Å². The van der Waals surface area contributed by atoms with Gasteiger partial charge in [0, 0.05) is 34.3 Å². The molecule has 0 aliphatic carbocycles. The minimum absolute atomic E-state index is 0.170. The molecule has 38 heavy (non-hydrogen) atoms. The van der Waals surface area contributed by atoms with Gasteiger partial charge in [0.1, 0.15) is 11.5 Å². The highest BCUT2D eigenvalue weighted by molar-refractivity contribution is 6.31. The summed E-state index contributed by atoms with van der Waals surface area (Å²) in [6.45, 7) is 5.04. The van der Waals surface area contributed by atoms with Crippen molar-refractivity contribution in [3.05, 3.63) is 93.6 Å². The molecule has 0 bridgehead atoms. The lowest BCUT2D eigenvalue weighted by molar-refractivity contribution is -0.274. The van der Waals surface area contributed by atoms with E-state index in [1.807, 2.05) is 0 Å². The van der Waals surface area contributed by atoms with Crippen LogP contribution in [-0.4, -0.2) is 33.9 Å². The molecule has 1 N–H and O–H groups in total. The van der Waals surface area contributed by atoms with E-state index in [4.69, 9.17) is 21.4 Å². The summed E-state index contributed by atoms with van der Waals surface area (Å²) >= 11 is 6.06. The third-order valence-electron chi connectivity index (χ3n) is 6.09. The van der Waals surface area contributed by atoms with E-state index in [0.717, 1.165) is 0 Å². The van der Waals surface area contributed by atoms with Crippen molar-refractivity contribution in [3.63, 3.8) is 0 Å². The van der Waals surface area contributed by atoms with Crippen LogP contribution in [0.2, 0.25) is 5.02 Å². The lowest BCUT2D eigenvalue weighted by Crippen LogP contribution is -2.22. The minimum Gasteiger partial charge on any atom is -0.479 e. The van der Waals surface area contributed by atoms with Crippen molar-refractivity contribution in [2.24, 2.45) is 0 Å². The van der Waals surface area contributed by atoms with Gasteiger partial charge in [-0.25, -0.2) is 4.79 Å². The largest absolute Gasteiger partial charge is 0.573 e. The Morgan fingerprint density at radius 3 is 2.42 bits per heavy atom. The maximum absolute atomic E-state index is 13.7. The van der Waals surface area contributed by atoms with Crippen molar-refractivity contribution in [3.8, 4) is 11.5 Å². The topological polar surface area (TPSA) is 77.8 Å². The number of carbonyl (C=O) groups is 2. The summed E-state index contributed by atoms with van der Waals surface area (Å²) in [5.41, 5.74) is 3.01. The number of carboxylic acids is 1. The van der Waals surface area contributed by atoms with Gasteiger partial charge in [-0.1, -0.05) is 23.7 Å². The number of aryl methyl sites for hydroxylation is 1. The maximum atomic E-state index is 13.7. The Labute approximate surface area is 221 Å². The molecule has 10 heteroatoms. The normalized spacial score (nSPS) is 12.4. The standard InChI is InChI=1S/C28H23ClF3NO5/c1-15-11-19(29)7-9-22(15)26(34)25-16(2)33(24-13-21(8-10-23(24)25)38-28(30,31)32)14-18-5-4-6-20(12-18)37-17(3)27(35)36/h4-13,17H,14H2,1-3H3,(H,35,36)/t17-/m1/s1. The number of rotatable bonds is 8. The summed E-state index contributed by atoms with van der Waals surface area (Å²) < 4.78 is 50.2. The number of carbonyl (C=O) groups excluding carboxylic acids is 1. The van der Waals surface area contributed by atoms with E-state index in [1.54, 1.807) is 60.9 Å². The predicted octanol–water partition coefficient (Wildman–Crippen LogP) is 6.94. The quantitative estimate of drug-likeness (QED) is 0.243. The van der Waals surface area contributed by atoms with E-state index >= 15 is 0 Å². The van der Waals surface area contributed by atoms with Gasteiger partial charge in [0.05, 0.1) is 11.1 Å². The third-order valence-corrected chi connectivity index (χ3v) is 6.32. The molecule has 1 aromatic heterocycles. The molecular weight excluding hydrogens is 523 g/mol. The van der Waals surface area contributed by atoms with E-state index in [2.05, 4.69) is 4.74 Å². The number of hydrogen-bond acceptors (Lipinski definition) is 4. The van der Waals surface area contributed by atoms with Gasteiger partial charge < -0.3 is 19.1 Å². The van der Waals surface area contributed by atoms with Crippen LogP contribution in [0, 0.1) is 13.8 Å². The van der Waals surface area contributed by atoms with Crippen LogP contribution in [0.4, 0.5) is 13.2 Å². The molecule has 4 rings (SSSR count). The summed E-state index contributed by atoms with van der Waals surface area (Å²) in [5.74, 6) is -1.52. The van der Waals surface area contributed by atoms with Crippen LogP contribution in [0.5, 0.6) is 11.5 Å². The number of fused-ring (bicyclic) bond motifs is 1. The highest BCUT2D eigenvalue weighted by Crippen LogP contribution is 2.34. The predicted molar refractivity (Wildman–Crippen MR) is 136 cm³/mol. The van der Waals surface area contributed by atoms with E-state index in [1.165, 1.54) is 25.1 Å². The van der Waals surface area contributed by atoms with Crippen LogP contribution in [-0.2, 0) is 11.3 Å². The number of ether oxygens (including phenoxy) is 2. The number of halogens is 4. The van der Waals surface area contributed by atoms with Gasteiger partial charge in [-0.2, -0.15) is 0 Å². The molecule has 3 aromatic carbocycles. The number of aromatic nitrogens is 1. The number of aliphatic carboxylic acids is 1. The monoisotopic (exact) mass is 545 g/mol. The van der Waals surface area contributed by atoms with Crippen LogP contribution in [0.3, 0.4) is 0 Å². The summed E-state index contributed by atoms with van der Waals surface area (Å²) in [5, 5.41) is 10.1. The Kier molecular flexibility index (Phi) is 7.42. The molecule has 6 nitrogen and oxygen atoms in total. The fourth-order valence-corrected chi connectivity index (χ4v) is 4.54. The molecule has 1 atom stereocenters. The second-order valence-electron chi connectivity index (χ2n) is 8.81. The average molecular weight is 546 g/mol. The van der Waals surface area contributed by atoms with Crippen molar-refractivity contribution in [2.75, 3.05) is 0 Å². The van der Waals surface area contributed by atoms with Gasteiger partial charge in [-0.05, 0) is 74.4 Å². The average Bonchev–Trinajstić information content (AvgIpc) is 3.08. The molecule has 0 aliphatic heterocycles. The van der Waals surface area contributed by atoms with Gasteiger partial charge >= 0.3 is 12.3 Å². The number of hydrogen-bond donors (Lipinski definition) is 1. The molecule has 0 saturated carbocycles. The van der Waals surface area contributed by atoms with Gasteiger partial charge in [0.25, 0.3) is 0 Å². The smallest absolute Gasteiger partial charge is 0.479 e. The fourth-order valence-electron chi connectivity index (χ4n) is 4.31. The van der Waals surface area contributed by atoms with Crippen LogP contribution >= 0.6 is 11.6 Å². The van der Waals surface area contributed by atoms with Gasteiger partial charge in [0.15, 0.2) is 11.9 Å². The van der Waals surface area contributed by atoms with E-state index in [0.29, 0.717) is 49.6 Å². The molecule has 0 saturated heterocycles. The third kappa shape index (κ3) is 5.78. The Hall–Kier alpha value is -3.98. The molecule has 0 aliphatic rings. The Balaban J connectivity index is 1.83. The molecular formula is C28H23ClF3NO5. The van der Waals surface area contributed by atoms with E-state index in [9.17, 15) is 22.8 Å². The van der Waals surface area contributed by atoms with Crippen LogP contribution in [0.15, 0.2) is 60.7 Å². The lowest BCUT2D eigenvalue weighted by atomic mass is 9.97. The van der Waals surface area contributed by atoms with E-state index in [-0.39, 0.29) is 12.3 Å². The zero-order valence-electron chi connectivity index (χ0n) is 20.6. The molecule has 4 aromatic rings. The van der Waals surface area contributed by atoms with Crippen LogP contribution in [0.25, 0.3) is 10.9 Å². The van der Waals surface area contributed by atoms with Crippen molar-refractivity contribution in [1.29, 1.82) is 0 Å². The Morgan fingerprint density at radius 1 is 1.03 bits per heavy atom. The zero-order valence-corrected chi connectivity index (χ0v) is 21.4. The number of carboxylic acid groups (broad SMARTS) is 1. The van der Waals surface area contributed by atoms with Gasteiger partial charge in [-0.15, -0.1) is 13.2 Å². The molecule has 0 fully saturated rings. The molecule has 0 spiro atoms. The minimum atomic E-state index is -4.88. The Morgan fingerprint density at radius 2 is 1.76 bits per heavy atom. The first kappa shape index (κ1) is 27.1. The highest BCUT2D eigenvalue weighted by atomic mass is 35.5. The summed E-state index contributed by atoms with van der Waals surface area (Å²) in [6.07, 6.45) is -5.96. The summed E-state index contributed by atoms with van der Waals surface area (Å²) in [7, 11) is 0. The number of nitrogens with zero attached hydrogens (tertiary/aromatic N) is 1. The number of benzene rings is 3. The molecule has 0 amide bonds. The number of alkyl halides is 3. The highest BCUT2D eigenvalue weighted by Gasteiger charge is 2.32. The molecule has 0 unspecified atom stereocenters. The maximum Gasteiger partial charge on any atom is 0.573 e. The van der Waals surface area contributed by atoms with Gasteiger partial charge in [-0.3, -0.25) is 4.79 Å². The fraction of sp³-hybridized carbons (Fsp3) is 0.214. The second-order valence-corrected chi connectivity index (χ2v) is 9.24. The van der Waals surface area contributed by atoms with Crippen molar-refractivity contribution in [1.82, 2.24) is 4.57 Å². The van der Waals surface area contributed by atoms with Crippen molar-refractivity contribution >= 4 is 34.3 Å². The first-order valence-corrected chi connectivity index (χ1v) is 11.9. The first-order valence-electron chi connectivity index (χ1n) is 11.5. The first-order chi connectivity index (χ1) is 17.8. The van der Waals surface area contributed by atoms with Crippen LogP contribution in [0.1, 0.15) is 39.7 Å². The Bertz CT molecular complexity index is 1540. The summed E-state index contributed by atoms with van der Waals surface area (Å²) in [4.78, 5) is 24.9. The second kappa shape index (κ2) is 10.4. The SMILES string of the molecule is Cc1cc(Cl)ccc1C(=O)c1c(C)n(Cc2cccc(O[C@H](C)C(=O)O)c2)c2cc(OC(F)(F)F)ccc12. The summed E-state index contributed by atoms with van der Waals surface area (Å²) in [6, 6.07) is 15.5. The van der Waals surface area contributed by atoms with Crippen LogP contribution < -0.4 is 9.47 Å². The van der Waals surface area contributed by atoms with Crippen molar-refractivity contribution in [2.45, 2.75) is 39.8 Å². The molecule has 0 radical (unpaired) electrons. The number of ketones is 1. The van der Waals surface area contributed by atoms with E-state index < -0.39 is 24.2 Å². The lowest BCUT2D eigenvalue weighted by Gasteiger charge is -2.14. The zero-order chi connectivity index (χ0) is 27.8. The molecule has 198 valence electrons. The molecule has 1 heterocycles. The van der Waals surface area contributed by atoms with Gasteiger partial charge in [0.2, 0.25) is 0 Å².